The highest BCUT2D eigenvalue weighted by molar-refractivity contribution is 9.10. The molecule has 0 aliphatic rings. The van der Waals surface area contributed by atoms with Crippen molar-refractivity contribution in [3.05, 3.63) is 47.2 Å². The second-order valence-electron chi connectivity index (χ2n) is 3.87. The van der Waals surface area contributed by atoms with Crippen molar-refractivity contribution in [3.63, 3.8) is 0 Å². The van der Waals surface area contributed by atoms with Crippen LogP contribution in [0.15, 0.2) is 52.1 Å². The third kappa shape index (κ3) is 2.71. The molecule has 0 radical (unpaired) electrons. The fourth-order valence-electron chi connectivity index (χ4n) is 1.56. The van der Waals surface area contributed by atoms with Gasteiger partial charge in [0.2, 0.25) is 0 Å². The summed E-state index contributed by atoms with van der Waals surface area (Å²) in [6.07, 6.45) is 3.06. The summed E-state index contributed by atoms with van der Waals surface area (Å²) in [7, 11) is -2.24. The molecule has 0 saturated carbocycles. The Labute approximate surface area is 120 Å². The normalized spacial score (nSPS) is 11.3. The lowest BCUT2D eigenvalue weighted by molar-refractivity contribution is 0.594. The van der Waals surface area contributed by atoms with Gasteiger partial charge in [-0.05, 0) is 30.3 Å². The van der Waals surface area contributed by atoms with Gasteiger partial charge in [-0.3, -0.25) is 9.29 Å². The van der Waals surface area contributed by atoms with Crippen LogP contribution in [0.3, 0.4) is 0 Å². The molecular formula is C12H12BrN3O2S. The molecule has 5 nitrogen and oxygen atoms in total. The maximum absolute atomic E-state index is 12.5. The van der Waals surface area contributed by atoms with Gasteiger partial charge in [-0.1, -0.05) is 15.9 Å². The van der Waals surface area contributed by atoms with Crippen molar-refractivity contribution in [1.82, 2.24) is 4.98 Å². The van der Waals surface area contributed by atoms with Crippen LogP contribution in [0.2, 0.25) is 0 Å². The molecule has 1 aromatic carbocycles. The first-order valence-electron chi connectivity index (χ1n) is 5.37. The maximum Gasteiger partial charge on any atom is 0.266 e. The second-order valence-corrected chi connectivity index (χ2v) is 6.72. The van der Waals surface area contributed by atoms with E-state index < -0.39 is 10.0 Å². The van der Waals surface area contributed by atoms with Gasteiger partial charge in [-0.15, -0.1) is 0 Å². The Balaban J connectivity index is 2.51. The van der Waals surface area contributed by atoms with Crippen LogP contribution in [-0.4, -0.2) is 20.4 Å². The van der Waals surface area contributed by atoms with E-state index in [9.17, 15) is 8.42 Å². The molecule has 2 N–H and O–H groups in total. The van der Waals surface area contributed by atoms with E-state index in [-0.39, 0.29) is 10.6 Å². The summed E-state index contributed by atoms with van der Waals surface area (Å²) < 4.78 is 26.8. The molecule has 7 heteroatoms. The Bertz CT molecular complexity index is 689. The van der Waals surface area contributed by atoms with E-state index in [2.05, 4.69) is 20.9 Å². The van der Waals surface area contributed by atoms with Crippen LogP contribution < -0.4 is 10.0 Å². The fourth-order valence-corrected chi connectivity index (χ4v) is 3.39. The number of hydrogen-bond donors (Lipinski definition) is 1. The van der Waals surface area contributed by atoms with Crippen molar-refractivity contribution in [2.75, 3.05) is 17.1 Å². The smallest absolute Gasteiger partial charge is 0.266 e. The van der Waals surface area contributed by atoms with Gasteiger partial charge in [0.05, 0.1) is 17.6 Å². The highest BCUT2D eigenvalue weighted by atomic mass is 79.9. The molecule has 0 saturated heterocycles. The number of anilines is 2. The Morgan fingerprint density at radius 3 is 2.68 bits per heavy atom. The van der Waals surface area contributed by atoms with Gasteiger partial charge in [0.25, 0.3) is 10.0 Å². The van der Waals surface area contributed by atoms with E-state index in [1.807, 2.05) is 0 Å². The lowest BCUT2D eigenvalue weighted by atomic mass is 10.3. The number of halogens is 1. The van der Waals surface area contributed by atoms with Crippen LogP contribution in [0.4, 0.5) is 11.4 Å². The van der Waals surface area contributed by atoms with Gasteiger partial charge in [0, 0.05) is 17.7 Å². The molecule has 0 aliphatic carbocycles. The van der Waals surface area contributed by atoms with Crippen LogP contribution in [0, 0.1) is 0 Å². The predicted molar refractivity (Wildman–Crippen MR) is 78.4 cm³/mol. The van der Waals surface area contributed by atoms with E-state index in [0.717, 1.165) is 4.31 Å². The minimum atomic E-state index is -3.71. The van der Waals surface area contributed by atoms with Gasteiger partial charge in [-0.25, -0.2) is 8.42 Å². The Hall–Kier alpha value is -1.60. The zero-order valence-electron chi connectivity index (χ0n) is 10.1. The molecule has 0 atom stereocenters. The molecule has 1 aromatic heterocycles. The molecule has 0 bridgehead atoms. The summed E-state index contributed by atoms with van der Waals surface area (Å²) in [5.74, 6) is 0. The molecular weight excluding hydrogens is 330 g/mol. The number of nitrogen functional groups attached to an aromatic ring is 1. The highest BCUT2D eigenvalue weighted by Crippen LogP contribution is 2.27. The number of benzene rings is 1. The lowest BCUT2D eigenvalue weighted by Crippen LogP contribution is -2.27. The van der Waals surface area contributed by atoms with Crippen molar-refractivity contribution in [3.8, 4) is 0 Å². The van der Waals surface area contributed by atoms with Crippen LogP contribution in [0.25, 0.3) is 0 Å². The van der Waals surface area contributed by atoms with Crippen LogP contribution in [-0.2, 0) is 10.0 Å². The number of sulfonamides is 1. The Morgan fingerprint density at radius 1 is 1.32 bits per heavy atom. The first-order valence-corrected chi connectivity index (χ1v) is 7.60. The van der Waals surface area contributed by atoms with Gasteiger partial charge < -0.3 is 5.73 Å². The zero-order valence-corrected chi connectivity index (χ0v) is 12.5. The SMILES string of the molecule is CN(c1cccnc1)S(=O)(=O)c1cc(Br)ccc1N. The number of pyridine rings is 1. The minimum Gasteiger partial charge on any atom is -0.398 e. The maximum atomic E-state index is 12.5. The second kappa shape index (κ2) is 5.18. The Morgan fingerprint density at radius 2 is 2.05 bits per heavy atom. The molecule has 0 amide bonds. The monoisotopic (exact) mass is 341 g/mol. The Kier molecular flexibility index (Phi) is 3.77. The number of rotatable bonds is 3. The standard InChI is InChI=1S/C12H12BrN3O2S/c1-16(10-3-2-6-15-8-10)19(17,18)12-7-9(13)4-5-11(12)14/h2-8H,14H2,1H3. The van der Waals surface area contributed by atoms with E-state index in [4.69, 9.17) is 5.73 Å². The summed E-state index contributed by atoms with van der Waals surface area (Å²) in [5, 5.41) is 0. The molecule has 100 valence electrons. The quantitative estimate of drug-likeness (QED) is 0.868. The van der Waals surface area contributed by atoms with Gasteiger partial charge in [0.15, 0.2) is 0 Å². The lowest BCUT2D eigenvalue weighted by Gasteiger charge is -2.20. The van der Waals surface area contributed by atoms with Gasteiger partial charge in [-0.2, -0.15) is 0 Å². The summed E-state index contributed by atoms with van der Waals surface area (Å²) in [6.45, 7) is 0. The molecule has 2 rings (SSSR count). The summed E-state index contributed by atoms with van der Waals surface area (Å²) in [4.78, 5) is 3.97. The first kappa shape index (κ1) is 13.8. The van der Waals surface area contributed by atoms with Gasteiger partial charge >= 0.3 is 0 Å². The van der Waals surface area contributed by atoms with Crippen molar-refractivity contribution in [2.45, 2.75) is 4.90 Å². The third-order valence-corrected chi connectivity index (χ3v) is 4.96. The zero-order chi connectivity index (χ0) is 14.0. The number of nitrogens with two attached hydrogens (primary N) is 1. The number of aromatic nitrogens is 1. The first-order chi connectivity index (χ1) is 8.93. The summed E-state index contributed by atoms with van der Waals surface area (Å²) in [5.41, 5.74) is 6.43. The van der Waals surface area contributed by atoms with E-state index in [1.165, 1.54) is 19.3 Å². The largest absolute Gasteiger partial charge is 0.398 e. The average molecular weight is 342 g/mol. The van der Waals surface area contributed by atoms with E-state index in [0.29, 0.717) is 10.2 Å². The summed E-state index contributed by atoms with van der Waals surface area (Å²) in [6, 6.07) is 8.06. The average Bonchev–Trinajstić information content (AvgIpc) is 2.41. The molecule has 2 aromatic rings. The van der Waals surface area contributed by atoms with Crippen molar-refractivity contribution < 1.29 is 8.42 Å². The van der Waals surface area contributed by atoms with Crippen LogP contribution in [0.1, 0.15) is 0 Å². The molecule has 0 fully saturated rings. The predicted octanol–water partition coefficient (Wildman–Crippen LogP) is 2.25. The number of hydrogen-bond acceptors (Lipinski definition) is 4. The van der Waals surface area contributed by atoms with E-state index >= 15 is 0 Å². The summed E-state index contributed by atoms with van der Waals surface area (Å²) >= 11 is 3.24. The van der Waals surface area contributed by atoms with Crippen LogP contribution >= 0.6 is 15.9 Å². The number of nitrogens with zero attached hydrogens (tertiary/aromatic N) is 2. The van der Waals surface area contributed by atoms with Gasteiger partial charge in [0.1, 0.15) is 4.90 Å². The minimum absolute atomic E-state index is 0.0632. The molecule has 0 unspecified atom stereocenters. The van der Waals surface area contributed by atoms with E-state index in [1.54, 1.807) is 30.5 Å². The van der Waals surface area contributed by atoms with Crippen molar-refractivity contribution in [2.24, 2.45) is 0 Å². The molecule has 0 spiro atoms. The molecule has 19 heavy (non-hydrogen) atoms. The van der Waals surface area contributed by atoms with Crippen molar-refractivity contribution in [1.29, 1.82) is 0 Å². The fraction of sp³-hybridized carbons (Fsp3) is 0.0833. The molecule has 0 aliphatic heterocycles. The van der Waals surface area contributed by atoms with Crippen LogP contribution in [0.5, 0.6) is 0 Å². The third-order valence-electron chi connectivity index (χ3n) is 2.62. The topological polar surface area (TPSA) is 76.3 Å². The van der Waals surface area contributed by atoms with Crippen molar-refractivity contribution >= 4 is 37.3 Å². The molecule has 1 heterocycles. The highest BCUT2D eigenvalue weighted by Gasteiger charge is 2.24.